The molecule has 140 valence electrons. The number of ether oxygens (including phenoxy) is 1. The first-order chi connectivity index (χ1) is 13.6. The summed E-state index contributed by atoms with van der Waals surface area (Å²) in [6.07, 6.45) is 3.69. The Bertz CT molecular complexity index is 1090. The van der Waals surface area contributed by atoms with Gasteiger partial charge in [-0.2, -0.15) is 5.10 Å². The van der Waals surface area contributed by atoms with Gasteiger partial charge in [0.15, 0.2) is 0 Å². The van der Waals surface area contributed by atoms with Gasteiger partial charge in [0, 0.05) is 46.0 Å². The molecule has 2 aliphatic rings. The van der Waals surface area contributed by atoms with E-state index in [1.807, 2.05) is 35.3 Å². The van der Waals surface area contributed by atoms with E-state index in [9.17, 15) is 10.2 Å². The van der Waals surface area contributed by atoms with Crippen LogP contribution >= 0.6 is 15.9 Å². The van der Waals surface area contributed by atoms with Gasteiger partial charge in [-0.25, -0.2) is 5.01 Å². The van der Waals surface area contributed by atoms with Gasteiger partial charge in [0.05, 0.1) is 11.8 Å². The first-order valence-corrected chi connectivity index (χ1v) is 9.63. The van der Waals surface area contributed by atoms with Crippen molar-refractivity contribution in [2.24, 2.45) is 5.10 Å². The molecule has 0 spiro atoms. The Morgan fingerprint density at radius 3 is 2.64 bits per heavy atom. The van der Waals surface area contributed by atoms with Crippen molar-refractivity contribution in [3.8, 4) is 17.2 Å². The molecular weight excluding hydrogens is 422 g/mol. The number of phenolic OH excluding ortho intramolecular Hbond substituents is 2. The predicted octanol–water partition coefficient (Wildman–Crippen LogP) is 4.50. The van der Waals surface area contributed by atoms with E-state index < -0.39 is 6.23 Å². The van der Waals surface area contributed by atoms with Gasteiger partial charge in [-0.15, -0.1) is 0 Å². The molecule has 0 amide bonds. The normalized spacial score (nSPS) is 20.2. The van der Waals surface area contributed by atoms with Crippen LogP contribution in [0, 0.1) is 0 Å². The second-order valence-corrected chi connectivity index (χ2v) is 7.70. The summed E-state index contributed by atoms with van der Waals surface area (Å²) >= 11 is 3.54. The predicted molar refractivity (Wildman–Crippen MR) is 107 cm³/mol. The van der Waals surface area contributed by atoms with Gasteiger partial charge in [0.1, 0.15) is 17.2 Å². The molecule has 3 heterocycles. The van der Waals surface area contributed by atoms with Gasteiger partial charge in [-0.05, 0) is 42.5 Å². The van der Waals surface area contributed by atoms with Crippen molar-refractivity contribution in [3.63, 3.8) is 0 Å². The van der Waals surface area contributed by atoms with Crippen LogP contribution in [-0.4, -0.2) is 25.9 Å². The van der Waals surface area contributed by atoms with Crippen molar-refractivity contribution in [2.45, 2.75) is 18.7 Å². The molecule has 6 nitrogen and oxygen atoms in total. The number of aromatic hydroxyl groups is 2. The van der Waals surface area contributed by atoms with Gasteiger partial charge in [-0.1, -0.05) is 15.9 Å². The molecule has 0 fully saturated rings. The molecule has 0 aliphatic carbocycles. The number of nitrogens with zero attached hydrogens (tertiary/aromatic N) is 3. The molecule has 28 heavy (non-hydrogen) atoms. The molecule has 2 N–H and O–H groups in total. The number of pyridine rings is 1. The van der Waals surface area contributed by atoms with Crippen molar-refractivity contribution in [2.75, 3.05) is 0 Å². The van der Waals surface area contributed by atoms with E-state index >= 15 is 0 Å². The fourth-order valence-electron chi connectivity index (χ4n) is 3.73. The Balaban J connectivity index is 1.62. The van der Waals surface area contributed by atoms with Crippen molar-refractivity contribution in [1.29, 1.82) is 0 Å². The van der Waals surface area contributed by atoms with Crippen LogP contribution in [0.15, 0.2) is 70.5 Å². The highest BCUT2D eigenvalue weighted by atomic mass is 79.9. The lowest BCUT2D eigenvalue weighted by Gasteiger charge is -2.38. The number of benzene rings is 2. The molecule has 0 radical (unpaired) electrons. The highest BCUT2D eigenvalue weighted by Gasteiger charge is 2.41. The minimum atomic E-state index is -0.390. The average molecular weight is 438 g/mol. The Morgan fingerprint density at radius 1 is 1.04 bits per heavy atom. The maximum Gasteiger partial charge on any atom is 0.213 e. The Labute approximate surface area is 169 Å². The zero-order valence-electron chi connectivity index (χ0n) is 14.7. The number of halogens is 1. The van der Waals surface area contributed by atoms with E-state index in [-0.39, 0.29) is 17.5 Å². The fourth-order valence-corrected chi connectivity index (χ4v) is 4.11. The first kappa shape index (κ1) is 17.1. The Hall–Kier alpha value is -3.06. The van der Waals surface area contributed by atoms with Crippen LogP contribution in [0.25, 0.3) is 0 Å². The molecule has 2 aromatic carbocycles. The molecule has 5 rings (SSSR count). The quantitative estimate of drug-likeness (QED) is 0.616. The minimum absolute atomic E-state index is 0.00874. The van der Waals surface area contributed by atoms with Crippen LogP contribution < -0.4 is 4.74 Å². The van der Waals surface area contributed by atoms with E-state index in [0.29, 0.717) is 12.0 Å². The highest BCUT2D eigenvalue weighted by molar-refractivity contribution is 9.10. The van der Waals surface area contributed by atoms with Crippen molar-refractivity contribution in [3.05, 3.63) is 82.1 Å². The maximum atomic E-state index is 10.3. The fraction of sp³-hybridized carbons (Fsp3) is 0.143. The van der Waals surface area contributed by atoms with Crippen LogP contribution in [0.2, 0.25) is 0 Å². The largest absolute Gasteiger partial charge is 0.508 e. The third kappa shape index (κ3) is 2.79. The van der Waals surface area contributed by atoms with Crippen molar-refractivity contribution >= 4 is 21.6 Å². The van der Waals surface area contributed by atoms with Crippen LogP contribution in [-0.2, 0) is 0 Å². The second kappa shape index (κ2) is 6.53. The van der Waals surface area contributed by atoms with E-state index in [2.05, 4.69) is 20.9 Å². The summed E-state index contributed by atoms with van der Waals surface area (Å²) in [7, 11) is 0. The van der Waals surface area contributed by atoms with Gasteiger partial charge in [0.2, 0.25) is 6.23 Å². The number of hydrazone groups is 1. The van der Waals surface area contributed by atoms with E-state index in [4.69, 9.17) is 9.84 Å². The third-order valence-corrected chi connectivity index (χ3v) is 5.53. The van der Waals surface area contributed by atoms with Crippen LogP contribution in [0.4, 0.5) is 0 Å². The minimum Gasteiger partial charge on any atom is -0.508 e. The van der Waals surface area contributed by atoms with Crippen LogP contribution in [0.3, 0.4) is 0 Å². The number of aromatic nitrogens is 1. The molecule has 0 unspecified atom stereocenters. The summed E-state index contributed by atoms with van der Waals surface area (Å²) in [4.78, 5) is 4.09. The first-order valence-electron chi connectivity index (χ1n) is 8.84. The second-order valence-electron chi connectivity index (χ2n) is 6.78. The maximum absolute atomic E-state index is 10.3. The molecule has 2 atom stereocenters. The zero-order valence-corrected chi connectivity index (χ0v) is 16.2. The highest BCUT2D eigenvalue weighted by Crippen LogP contribution is 2.48. The van der Waals surface area contributed by atoms with E-state index in [1.165, 1.54) is 6.07 Å². The van der Waals surface area contributed by atoms with Gasteiger partial charge < -0.3 is 14.9 Å². The SMILES string of the molecule is Oc1ccc(C2=NN3[C@@H](c4ccncc4)Oc4ccc(Br)cc4[C@@H]3C2)c(O)c1. The number of hydrogen-bond donors (Lipinski definition) is 2. The monoisotopic (exact) mass is 437 g/mol. The van der Waals surface area contributed by atoms with Crippen LogP contribution in [0.1, 0.15) is 35.4 Å². The summed E-state index contributed by atoms with van der Waals surface area (Å²) in [6.45, 7) is 0. The lowest BCUT2D eigenvalue weighted by atomic mass is 9.95. The molecule has 7 heteroatoms. The summed E-state index contributed by atoms with van der Waals surface area (Å²) in [5.41, 5.74) is 3.35. The standard InChI is InChI=1S/C21H16BrN3O3/c22-13-1-4-20-16(9-13)18-11-17(15-3-2-14(26)10-19(15)27)24-25(18)21(28-20)12-5-7-23-8-6-12/h1-10,18,21,26-27H,11H2/t18-,21+/m0/s1. The summed E-state index contributed by atoms with van der Waals surface area (Å²) < 4.78 is 7.26. The lowest BCUT2D eigenvalue weighted by molar-refractivity contribution is -0.0191. The average Bonchev–Trinajstić information content (AvgIpc) is 3.13. The summed E-state index contributed by atoms with van der Waals surface area (Å²) in [5.74, 6) is 0.844. The molecule has 0 saturated carbocycles. The number of fused-ring (bicyclic) bond motifs is 3. The van der Waals surface area contributed by atoms with E-state index in [0.717, 1.165) is 27.1 Å². The van der Waals surface area contributed by atoms with Crippen LogP contribution in [0.5, 0.6) is 17.2 Å². The molecule has 0 bridgehead atoms. The molecule has 2 aliphatic heterocycles. The molecule has 0 saturated heterocycles. The Morgan fingerprint density at radius 2 is 1.86 bits per heavy atom. The molecular formula is C21H16BrN3O3. The lowest BCUT2D eigenvalue weighted by Crippen LogP contribution is -2.33. The van der Waals surface area contributed by atoms with Crippen molar-refractivity contribution < 1.29 is 14.9 Å². The number of phenols is 2. The molecule has 3 aromatic rings. The summed E-state index contributed by atoms with van der Waals surface area (Å²) in [6, 6.07) is 14.3. The Kier molecular flexibility index (Phi) is 3.98. The third-order valence-electron chi connectivity index (χ3n) is 5.04. The van der Waals surface area contributed by atoms with Gasteiger partial charge >= 0.3 is 0 Å². The van der Waals surface area contributed by atoms with Crippen molar-refractivity contribution in [1.82, 2.24) is 9.99 Å². The molecule has 1 aromatic heterocycles. The number of rotatable bonds is 2. The van der Waals surface area contributed by atoms with E-state index in [1.54, 1.807) is 24.5 Å². The topological polar surface area (TPSA) is 78.2 Å². The van der Waals surface area contributed by atoms with Gasteiger partial charge in [-0.3, -0.25) is 4.98 Å². The zero-order chi connectivity index (χ0) is 19.3. The summed E-state index contributed by atoms with van der Waals surface area (Å²) in [5, 5.41) is 26.6. The van der Waals surface area contributed by atoms with Gasteiger partial charge in [0.25, 0.3) is 0 Å². The number of hydrogen-bond acceptors (Lipinski definition) is 6. The smallest absolute Gasteiger partial charge is 0.213 e.